The first-order valence-corrected chi connectivity index (χ1v) is 13.5. The molecule has 5 rings (SSSR count). The summed E-state index contributed by atoms with van der Waals surface area (Å²) in [5, 5.41) is 13.4. The van der Waals surface area contributed by atoms with Crippen LogP contribution in [0.4, 0.5) is 18.9 Å². The molecule has 2 aliphatic carbocycles. The number of aromatic nitrogens is 1. The van der Waals surface area contributed by atoms with Gasteiger partial charge < -0.3 is 24.7 Å². The maximum atomic E-state index is 14.9. The Kier molecular flexibility index (Phi) is 8.72. The molecule has 2 saturated carbocycles. The van der Waals surface area contributed by atoms with E-state index in [4.69, 9.17) is 9.26 Å². The van der Waals surface area contributed by atoms with E-state index in [-0.39, 0.29) is 47.3 Å². The zero-order valence-corrected chi connectivity index (χ0v) is 22.6. The first-order valence-electron chi connectivity index (χ1n) is 13.5. The fourth-order valence-electron chi connectivity index (χ4n) is 5.16. The third-order valence-electron chi connectivity index (χ3n) is 7.31. The van der Waals surface area contributed by atoms with E-state index < -0.39 is 17.5 Å². The second-order valence-corrected chi connectivity index (χ2v) is 10.3. The molecule has 11 heteroatoms. The molecule has 1 aromatic heterocycles. The zero-order chi connectivity index (χ0) is 28.9. The van der Waals surface area contributed by atoms with Gasteiger partial charge in [-0.05, 0) is 68.9 Å². The molecule has 2 atom stereocenters. The number of hydrogen-bond donors (Lipinski definition) is 2. The highest BCUT2D eigenvalue weighted by atomic mass is 19.1. The van der Waals surface area contributed by atoms with Gasteiger partial charge in [-0.3, -0.25) is 4.79 Å². The van der Waals surface area contributed by atoms with Gasteiger partial charge in [0.25, 0.3) is 0 Å². The van der Waals surface area contributed by atoms with Crippen molar-refractivity contribution in [1.82, 2.24) is 10.5 Å². The second kappa shape index (κ2) is 12.6. The Morgan fingerprint density at radius 2 is 1.95 bits per heavy atom. The van der Waals surface area contributed by atoms with E-state index in [1.807, 2.05) is 0 Å². The van der Waals surface area contributed by atoms with E-state index in [2.05, 4.69) is 32.4 Å². The van der Waals surface area contributed by atoms with Crippen LogP contribution in [0.3, 0.4) is 0 Å². The predicted octanol–water partition coefficient (Wildman–Crippen LogP) is 6.19. The monoisotopic (exact) mass is 568 g/mol. The van der Waals surface area contributed by atoms with Crippen LogP contribution in [0.15, 0.2) is 58.2 Å². The molecule has 2 aromatic carbocycles. The first kappa shape index (κ1) is 28.4. The van der Waals surface area contributed by atoms with Crippen molar-refractivity contribution in [3.63, 3.8) is 0 Å². The van der Waals surface area contributed by atoms with Crippen LogP contribution in [0.2, 0.25) is 0 Å². The molecular weight excluding hydrogens is 537 g/mol. The zero-order valence-electron chi connectivity index (χ0n) is 22.6. The molecular formula is C30H31F3N4O4. The molecule has 1 amide bonds. The Hall–Kier alpha value is -4.12. The summed E-state index contributed by atoms with van der Waals surface area (Å²) in [4.78, 5) is 15.5. The first-order chi connectivity index (χ1) is 19.9. The molecule has 0 aliphatic heterocycles. The molecule has 1 heterocycles. The molecule has 0 bridgehead atoms. The van der Waals surface area contributed by atoms with Gasteiger partial charge in [-0.15, -0.1) is 0 Å². The van der Waals surface area contributed by atoms with Gasteiger partial charge in [0.1, 0.15) is 36.0 Å². The number of carbonyl (C=O) groups excluding carboxylic acids is 1. The molecule has 2 fully saturated rings. The normalized spacial score (nSPS) is 19.5. The van der Waals surface area contributed by atoms with Gasteiger partial charge in [-0.2, -0.15) is 0 Å². The van der Waals surface area contributed by atoms with Gasteiger partial charge in [0.2, 0.25) is 6.41 Å². The quantitative estimate of drug-likeness (QED) is 0.0757. The minimum Gasteiger partial charge on any atom is -0.397 e. The number of ether oxygens (including phenoxy) is 1. The van der Waals surface area contributed by atoms with Crippen LogP contribution >= 0.6 is 0 Å². The minimum atomic E-state index is -0.713. The van der Waals surface area contributed by atoms with Crippen LogP contribution in [0.25, 0.3) is 11.3 Å². The van der Waals surface area contributed by atoms with E-state index in [1.165, 1.54) is 37.4 Å². The van der Waals surface area contributed by atoms with Crippen molar-refractivity contribution in [1.29, 1.82) is 0 Å². The maximum absolute atomic E-state index is 14.9. The van der Waals surface area contributed by atoms with E-state index in [1.54, 1.807) is 6.07 Å². The van der Waals surface area contributed by atoms with Crippen molar-refractivity contribution < 1.29 is 32.1 Å². The standard InChI is InChI=1S/C30H31F3N4O4/c1-17-6-9-19(35-20-10-11-22(26(33)14-20)30(34-16-38)37-39-2)13-21(12-17)40-15-23-28(36-41-29(23)18-7-8-18)27-24(31)4-3-5-25(27)32/h3-5,10-11,14,16,18-19,21,35H,1,6-9,12-13,15H2,2H3,(H,34,37,38). The lowest BCUT2D eigenvalue weighted by Crippen LogP contribution is -2.26. The maximum Gasteiger partial charge on any atom is 0.212 e. The molecule has 2 unspecified atom stereocenters. The number of rotatable bonds is 10. The molecule has 0 radical (unpaired) electrons. The SMILES string of the molecule is C=C1CCC(Nc2ccc(/C(=N/OC)NC=O)c(F)c2)CC(OCc2c(-c3c(F)cccc3F)noc2C2CC2)C1. The fourth-order valence-corrected chi connectivity index (χ4v) is 5.16. The topological polar surface area (TPSA) is 98.0 Å². The summed E-state index contributed by atoms with van der Waals surface area (Å²) in [6.45, 7) is 4.26. The third-order valence-corrected chi connectivity index (χ3v) is 7.31. The Morgan fingerprint density at radius 3 is 2.63 bits per heavy atom. The van der Waals surface area contributed by atoms with Crippen molar-refractivity contribution in [2.45, 2.75) is 63.2 Å². The Labute approximate surface area is 235 Å². The van der Waals surface area contributed by atoms with Crippen molar-refractivity contribution >= 4 is 17.9 Å². The molecule has 2 aliphatic rings. The third kappa shape index (κ3) is 6.62. The van der Waals surface area contributed by atoms with E-state index in [0.717, 1.165) is 31.3 Å². The summed E-state index contributed by atoms with van der Waals surface area (Å²) < 4.78 is 56.1. The summed E-state index contributed by atoms with van der Waals surface area (Å²) >= 11 is 0. The van der Waals surface area contributed by atoms with Gasteiger partial charge in [0.05, 0.1) is 23.8 Å². The number of hydrogen-bond acceptors (Lipinski definition) is 7. The summed E-state index contributed by atoms with van der Waals surface area (Å²) in [5.74, 6) is -1.28. The number of carbonyl (C=O) groups is 1. The number of nitrogens with zero attached hydrogens (tertiary/aromatic N) is 2. The molecule has 2 N–H and O–H groups in total. The second-order valence-electron chi connectivity index (χ2n) is 10.3. The van der Waals surface area contributed by atoms with Crippen molar-refractivity contribution in [2.24, 2.45) is 5.16 Å². The molecule has 216 valence electrons. The average Bonchev–Trinajstić information content (AvgIpc) is 3.72. The van der Waals surface area contributed by atoms with Crippen LogP contribution in [-0.2, 0) is 21.0 Å². The average molecular weight is 569 g/mol. The molecule has 3 aromatic rings. The summed E-state index contributed by atoms with van der Waals surface area (Å²) in [6, 6.07) is 8.17. The largest absolute Gasteiger partial charge is 0.397 e. The van der Waals surface area contributed by atoms with E-state index >= 15 is 0 Å². The molecule has 41 heavy (non-hydrogen) atoms. The van der Waals surface area contributed by atoms with Crippen molar-refractivity contribution in [3.8, 4) is 11.3 Å². The summed E-state index contributed by atoms with van der Waals surface area (Å²) in [7, 11) is 1.30. The highest BCUT2D eigenvalue weighted by molar-refractivity contribution is 6.03. The summed E-state index contributed by atoms with van der Waals surface area (Å²) in [5.41, 5.74) is 2.12. The van der Waals surface area contributed by atoms with Gasteiger partial charge in [-0.1, -0.05) is 28.5 Å². The lowest BCUT2D eigenvalue weighted by atomic mass is 10.0. The summed E-state index contributed by atoms with van der Waals surface area (Å²) in [6.07, 6.45) is 4.73. The van der Waals surface area contributed by atoms with Gasteiger partial charge in [0.15, 0.2) is 5.84 Å². The van der Waals surface area contributed by atoms with Crippen LogP contribution < -0.4 is 10.6 Å². The molecule has 0 saturated heterocycles. The number of amidine groups is 1. The van der Waals surface area contributed by atoms with Crippen LogP contribution in [-0.4, -0.2) is 36.7 Å². The lowest BCUT2D eigenvalue weighted by molar-refractivity contribution is -0.108. The van der Waals surface area contributed by atoms with Crippen LogP contribution in [0.1, 0.15) is 61.3 Å². The van der Waals surface area contributed by atoms with Gasteiger partial charge in [0, 0.05) is 23.2 Å². The van der Waals surface area contributed by atoms with E-state index in [9.17, 15) is 18.0 Å². The van der Waals surface area contributed by atoms with Crippen LogP contribution in [0.5, 0.6) is 0 Å². The molecule has 8 nitrogen and oxygen atoms in total. The highest BCUT2D eigenvalue weighted by Crippen LogP contribution is 2.45. The number of anilines is 1. The Morgan fingerprint density at radius 1 is 1.17 bits per heavy atom. The Bertz CT molecular complexity index is 1430. The molecule has 0 spiro atoms. The highest BCUT2D eigenvalue weighted by Gasteiger charge is 2.34. The van der Waals surface area contributed by atoms with Gasteiger partial charge >= 0.3 is 0 Å². The number of nitrogens with one attached hydrogen (secondary N) is 2. The van der Waals surface area contributed by atoms with Gasteiger partial charge in [-0.25, -0.2) is 13.2 Å². The number of halogens is 3. The van der Waals surface area contributed by atoms with E-state index in [0.29, 0.717) is 36.3 Å². The lowest BCUT2D eigenvalue weighted by Gasteiger charge is -2.23. The number of oxime groups is 1. The van der Waals surface area contributed by atoms with Crippen molar-refractivity contribution in [2.75, 3.05) is 12.4 Å². The minimum absolute atomic E-state index is 0.0419. The number of benzene rings is 2. The number of amides is 1. The Balaban J connectivity index is 1.31. The van der Waals surface area contributed by atoms with Crippen LogP contribution in [0, 0.1) is 17.5 Å². The smallest absolute Gasteiger partial charge is 0.212 e. The predicted molar refractivity (Wildman–Crippen MR) is 147 cm³/mol. The van der Waals surface area contributed by atoms with Crippen molar-refractivity contribution in [3.05, 3.63) is 82.9 Å². The fraction of sp³-hybridized carbons (Fsp3) is 0.367.